The standard InChI is InChI=1S/C15H25N3O2/c1-11-5-13(19-4)6-12(17-11)8-18-9-14(7-16)20-15(2,3)10-18/h5-6,14H,7-10,16H2,1-4H3. The second-order valence-electron chi connectivity index (χ2n) is 6.04. The monoisotopic (exact) mass is 279 g/mol. The fourth-order valence-corrected chi connectivity index (χ4v) is 2.79. The topological polar surface area (TPSA) is 60.6 Å². The molecule has 0 aliphatic carbocycles. The Morgan fingerprint density at radius 3 is 2.90 bits per heavy atom. The number of methoxy groups -OCH3 is 1. The maximum Gasteiger partial charge on any atom is 0.122 e. The number of aryl methyl sites for hydroxylation is 1. The van der Waals surface area contributed by atoms with Gasteiger partial charge in [0.25, 0.3) is 0 Å². The van der Waals surface area contributed by atoms with Crippen LogP contribution < -0.4 is 10.5 Å². The highest BCUT2D eigenvalue weighted by Gasteiger charge is 2.32. The van der Waals surface area contributed by atoms with E-state index in [4.69, 9.17) is 15.2 Å². The minimum absolute atomic E-state index is 0.0884. The van der Waals surface area contributed by atoms with E-state index in [1.54, 1.807) is 7.11 Å². The molecule has 5 heteroatoms. The molecule has 2 heterocycles. The van der Waals surface area contributed by atoms with Gasteiger partial charge in [-0.05, 0) is 20.8 Å². The van der Waals surface area contributed by atoms with Crippen molar-refractivity contribution in [3.8, 4) is 5.75 Å². The summed E-state index contributed by atoms with van der Waals surface area (Å²) in [7, 11) is 1.68. The Morgan fingerprint density at radius 1 is 1.50 bits per heavy atom. The van der Waals surface area contributed by atoms with E-state index in [-0.39, 0.29) is 11.7 Å². The predicted octanol–water partition coefficient (Wildman–Crippen LogP) is 1.34. The first-order valence-corrected chi connectivity index (χ1v) is 7.03. The summed E-state index contributed by atoms with van der Waals surface area (Å²) in [6.45, 7) is 9.25. The van der Waals surface area contributed by atoms with E-state index in [0.717, 1.165) is 36.8 Å². The molecule has 1 aliphatic heterocycles. The molecule has 2 N–H and O–H groups in total. The number of ether oxygens (including phenoxy) is 2. The van der Waals surface area contributed by atoms with Crippen molar-refractivity contribution in [3.05, 3.63) is 23.5 Å². The molecule has 2 rings (SSSR count). The Bertz CT molecular complexity index is 462. The first kappa shape index (κ1) is 15.2. The van der Waals surface area contributed by atoms with Gasteiger partial charge in [0.1, 0.15) is 5.75 Å². The first-order chi connectivity index (χ1) is 9.41. The zero-order valence-corrected chi connectivity index (χ0v) is 12.8. The SMILES string of the molecule is COc1cc(C)nc(CN2CC(CN)OC(C)(C)C2)c1. The van der Waals surface area contributed by atoms with E-state index >= 15 is 0 Å². The summed E-state index contributed by atoms with van der Waals surface area (Å²) >= 11 is 0. The number of hydrogen-bond acceptors (Lipinski definition) is 5. The molecular weight excluding hydrogens is 254 g/mol. The number of morpholine rings is 1. The van der Waals surface area contributed by atoms with E-state index in [1.165, 1.54) is 0 Å². The summed E-state index contributed by atoms with van der Waals surface area (Å²) in [5.74, 6) is 0.857. The number of nitrogens with two attached hydrogens (primary N) is 1. The minimum Gasteiger partial charge on any atom is -0.497 e. The molecule has 5 nitrogen and oxygen atoms in total. The highest BCUT2D eigenvalue weighted by Crippen LogP contribution is 2.23. The summed E-state index contributed by atoms with van der Waals surface area (Å²) in [5, 5.41) is 0. The summed E-state index contributed by atoms with van der Waals surface area (Å²) < 4.78 is 11.3. The zero-order chi connectivity index (χ0) is 14.8. The van der Waals surface area contributed by atoms with Crippen molar-refractivity contribution in [1.29, 1.82) is 0 Å². The van der Waals surface area contributed by atoms with Gasteiger partial charge in [0.15, 0.2) is 0 Å². The third-order valence-corrected chi connectivity index (χ3v) is 3.42. The van der Waals surface area contributed by atoms with Crippen molar-refractivity contribution in [2.75, 3.05) is 26.7 Å². The normalized spacial score (nSPS) is 22.8. The molecule has 0 radical (unpaired) electrons. The number of nitrogens with zero attached hydrogens (tertiary/aromatic N) is 2. The second kappa shape index (κ2) is 6.08. The highest BCUT2D eigenvalue weighted by atomic mass is 16.5. The minimum atomic E-state index is -0.170. The molecule has 1 aromatic rings. The van der Waals surface area contributed by atoms with E-state index < -0.39 is 0 Å². The van der Waals surface area contributed by atoms with Gasteiger partial charge in [-0.15, -0.1) is 0 Å². The molecule has 1 aliphatic rings. The number of aromatic nitrogens is 1. The molecule has 0 amide bonds. The third kappa shape index (κ3) is 3.91. The molecular formula is C15H25N3O2. The fourth-order valence-electron chi connectivity index (χ4n) is 2.79. The summed E-state index contributed by atoms with van der Waals surface area (Å²) in [5.41, 5.74) is 7.59. The molecule has 1 atom stereocenters. The lowest BCUT2D eigenvalue weighted by atomic mass is 10.0. The van der Waals surface area contributed by atoms with Crippen LogP contribution in [0.4, 0.5) is 0 Å². The van der Waals surface area contributed by atoms with Gasteiger partial charge >= 0.3 is 0 Å². The molecule has 0 saturated carbocycles. The van der Waals surface area contributed by atoms with E-state index in [1.807, 2.05) is 19.1 Å². The lowest BCUT2D eigenvalue weighted by Gasteiger charge is -2.42. The molecule has 1 aromatic heterocycles. The van der Waals surface area contributed by atoms with Crippen LogP contribution in [0.25, 0.3) is 0 Å². The van der Waals surface area contributed by atoms with E-state index in [0.29, 0.717) is 6.54 Å². The smallest absolute Gasteiger partial charge is 0.122 e. The van der Waals surface area contributed by atoms with Gasteiger partial charge in [-0.25, -0.2) is 0 Å². The van der Waals surface area contributed by atoms with Gasteiger partial charge in [0.2, 0.25) is 0 Å². The van der Waals surface area contributed by atoms with Crippen molar-refractivity contribution >= 4 is 0 Å². The van der Waals surface area contributed by atoms with Crippen LogP contribution in [-0.2, 0) is 11.3 Å². The van der Waals surface area contributed by atoms with E-state index in [2.05, 4.69) is 23.7 Å². The average Bonchev–Trinajstić information content (AvgIpc) is 2.35. The maximum atomic E-state index is 5.95. The van der Waals surface area contributed by atoms with Gasteiger partial charge in [-0.3, -0.25) is 9.88 Å². The maximum absolute atomic E-state index is 5.95. The average molecular weight is 279 g/mol. The third-order valence-electron chi connectivity index (χ3n) is 3.42. The van der Waals surface area contributed by atoms with Crippen molar-refractivity contribution < 1.29 is 9.47 Å². The molecule has 0 spiro atoms. The fraction of sp³-hybridized carbons (Fsp3) is 0.667. The van der Waals surface area contributed by atoms with Crippen LogP contribution in [-0.4, -0.2) is 48.3 Å². The van der Waals surface area contributed by atoms with E-state index in [9.17, 15) is 0 Å². The quantitative estimate of drug-likeness (QED) is 0.901. The predicted molar refractivity (Wildman–Crippen MR) is 78.8 cm³/mol. The molecule has 0 aromatic carbocycles. The van der Waals surface area contributed by atoms with Crippen molar-refractivity contribution in [3.63, 3.8) is 0 Å². The Hall–Kier alpha value is -1.17. The van der Waals surface area contributed by atoms with Crippen LogP contribution in [0, 0.1) is 6.92 Å². The first-order valence-electron chi connectivity index (χ1n) is 7.03. The molecule has 112 valence electrons. The van der Waals surface area contributed by atoms with Crippen LogP contribution in [0.5, 0.6) is 5.75 Å². The second-order valence-corrected chi connectivity index (χ2v) is 6.04. The summed E-state index contributed by atoms with van der Waals surface area (Å²) in [6.07, 6.45) is 0.0884. The van der Waals surface area contributed by atoms with Gasteiger partial charge < -0.3 is 15.2 Å². The van der Waals surface area contributed by atoms with Crippen LogP contribution in [0.15, 0.2) is 12.1 Å². The molecule has 1 fully saturated rings. The zero-order valence-electron chi connectivity index (χ0n) is 12.8. The molecule has 20 heavy (non-hydrogen) atoms. The lowest BCUT2D eigenvalue weighted by molar-refractivity contribution is -0.134. The Kier molecular flexibility index (Phi) is 4.62. The van der Waals surface area contributed by atoms with Crippen LogP contribution in [0.1, 0.15) is 25.2 Å². The van der Waals surface area contributed by atoms with Crippen molar-refractivity contribution in [2.24, 2.45) is 5.73 Å². The Labute approximate surface area is 121 Å². The van der Waals surface area contributed by atoms with Gasteiger partial charge in [0, 0.05) is 44.0 Å². The number of hydrogen-bond donors (Lipinski definition) is 1. The number of rotatable bonds is 4. The molecule has 1 unspecified atom stereocenters. The van der Waals surface area contributed by atoms with Crippen LogP contribution in [0.3, 0.4) is 0 Å². The lowest BCUT2D eigenvalue weighted by Crippen LogP contribution is -2.54. The Balaban J connectivity index is 2.10. The molecule has 0 bridgehead atoms. The largest absolute Gasteiger partial charge is 0.497 e. The van der Waals surface area contributed by atoms with Gasteiger partial charge in [-0.1, -0.05) is 0 Å². The van der Waals surface area contributed by atoms with Gasteiger partial charge in [0.05, 0.1) is 24.5 Å². The summed E-state index contributed by atoms with van der Waals surface area (Å²) in [4.78, 5) is 6.93. The highest BCUT2D eigenvalue weighted by molar-refractivity contribution is 5.26. The van der Waals surface area contributed by atoms with Crippen molar-refractivity contribution in [1.82, 2.24) is 9.88 Å². The summed E-state index contributed by atoms with van der Waals surface area (Å²) in [6, 6.07) is 3.93. The molecule has 1 saturated heterocycles. The van der Waals surface area contributed by atoms with Crippen molar-refractivity contribution in [2.45, 2.75) is 39.0 Å². The Morgan fingerprint density at radius 2 is 2.25 bits per heavy atom. The van der Waals surface area contributed by atoms with Crippen LogP contribution in [0.2, 0.25) is 0 Å². The van der Waals surface area contributed by atoms with Crippen LogP contribution >= 0.6 is 0 Å². The van der Waals surface area contributed by atoms with Gasteiger partial charge in [-0.2, -0.15) is 0 Å². The number of pyridine rings is 1.